The molecule has 0 fully saturated rings. The van der Waals surface area contributed by atoms with Gasteiger partial charge in [0.15, 0.2) is 0 Å². The van der Waals surface area contributed by atoms with Crippen LogP contribution in [0.1, 0.15) is 0 Å². The smallest absolute Gasteiger partial charge is 0.261 e. The number of fused-ring (bicyclic) bond motifs is 1. The summed E-state index contributed by atoms with van der Waals surface area (Å²) < 4.78 is 45.0. The Kier molecular flexibility index (Phi) is 3.87. The molecular formula is C16H13FN2O3S. The molecule has 7 heteroatoms. The number of rotatable bonds is 4. The van der Waals surface area contributed by atoms with Crippen LogP contribution in [0.15, 0.2) is 59.6 Å². The highest BCUT2D eigenvalue weighted by atomic mass is 32.2. The molecule has 2 aromatic carbocycles. The molecule has 1 heterocycles. The first-order valence-electron chi connectivity index (χ1n) is 6.70. The minimum Gasteiger partial charge on any atom is -0.497 e. The van der Waals surface area contributed by atoms with Crippen LogP contribution in [0.2, 0.25) is 0 Å². The van der Waals surface area contributed by atoms with Gasteiger partial charge in [0.25, 0.3) is 10.0 Å². The molecule has 0 saturated carbocycles. The van der Waals surface area contributed by atoms with Gasteiger partial charge in [-0.15, -0.1) is 0 Å². The van der Waals surface area contributed by atoms with Crippen LogP contribution in [0.3, 0.4) is 0 Å². The molecule has 1 aromatic heterocycles. The van der Waals surface area contributed by atoms with Crippen LogP contribution in [0.5, 0.6) is 5.75 Å². The van der Waals surface area contributed by atoms with Crippen LogP contribution in [0, 0.1) is 5.82 Å². The van der Waals surface area contributed by atoms with Gasteiger partial charge in [-0.05, 0) is 42.5 Å². The molecule has 0 aliphatic heterocycles. The summed E-state index contributed by atoms with van der Waals surface area (Å²) in [6.45, 7) is 0. The summed E-state index contributed by atoms with van der Waals surface area (Å²) in [5, 5.41) is 0.769. The molecule has 1 N–H and O–H groups in total. The molecule has 0 bridgehead atoms. The maximum absolute atomic E-state index is 12.9. The Bertz CT molecular complexity index is 957. The van der Waals surface area contributed by atoms with Gasteiger partial charge >= 0.3 is 0 Å². The lowest BCUT2D eigenvalue weighted by Crippen LogP contribution is -2.13. The van der Waals surface area contributed by atoms with Crippen LogP contribution in [-0.2, 0) is 10.0 Å². The molecule has 0 amide bonds. The van der Waals surface area contributed by atoms with Crippen LogP contribution in [-0.4, -0.2) is 20.5 Å². The number of anilines is 1. The first-order valence-corrected chi connectivity index (χ1v) is 8.18. The van der Waals surface area contributed by atoms with E-state index in [4.69, 9.17) is 4.74 Å². The van der Waals surface area contributed by atoms with E-state index in [2.05, 4.69) is 9.71 Å². The normalized spacial score (nSPS) is 11.4. The highest BCUT2D eigenvalue weighted by Gasteiger charge is 2.14. The third kappa shape index (κ3) is 3.24. The standard InChI is InChI=1S/C16H13FN2O3S/c1-22-14-5-2-11-8-13(10-18-16(11)9-14)19-23(20,21)15-6-3-12(17)4-7-15/h2-10,19H,1H3. The predicted octanol–water partition coefficient (Wildman–Crippen LogP) is 3.18. The Morgan fingerprint density at radius 2 is 1.83 bits per heavy atom. The zero-order chi connectivity index (χ0) is 16.4. The summed E-state index contributed by atoms with van der Waals surface area (Å²) in [6, 6.07) is 11.6. The SMILES string of the molecule is COc1ccc2cc(NS(=O)(=O)c3ccc(F)cc3)cnc2c1. The maximum Gasteiger partial charge on any atom is 0.261 e. The molecule has 0 aliphatic carbocycles. The molecule has 3 rings (SSSR count). The number of aromatic nitrogens is 1. The molecule has 5 nitrogen and oxygen atoms in total. The zero-order valence-corrected chi connectivity index (χ0v) is 13.0. The summed E-state index contributed by atoms with van der Waals surface area (Å²) in [6.07, 6.45) is 1.42. The maximum atomic E-state index is 12.9. The van der Waals surface area contributed by atoms with Crippen molar-refractivity contribution in [2.45, 2.75) is 4.90 Å². The van der Waals surface area contributed by atoms with Gasteiger partial charge in [0, 0.05) is 11.5 Å². The number of hydrogen-bond donors (Lipinski definition) is 1. The first kappa shape index (κ1) is 15.2. The minimum atomic E-state index is -3.79. The van der Waals surface area contributed by atoms with Crippen molar-refractivity contribution >= 4 is 26.6 Å². The van der Waals surface area contributed by atoms with E-state index in [1.807, 2.05) is 0 Å². The molecule has 0 aliphatic rings. The lowest BCUT2D eigenvalue weighted by Gasteiger charge is -2.09. The second kappa shape index (κ2) is 5.85. The topological polar surface area (TPSA) is 68.3 Å². The summed E-state index contributed by atoms with van der Waals surface area (Å²) in [4.78, 5) is 4.20. The molecule has 0 saturated heterocycles. The van der Waals surface area contributed by atoms with Crippen LogP contribution in [0.25, 0.3) is 10.9 Å². The van der Waals surface area contributed by atoms with Crippen molar-refractivity contribution in [1.29, 1.82) is 0 Å². The van der Waals surface area contributed by atoms with Crippen molar-refractivity contribution in [2.75, 3.05) is 11.8 Å². The lowest BCUT2D eigenvalue weighted by molar-refractivity contribution is 0.415. The number of hydrogen-bond acceptors (Lipinski definition) is 4. The van der Waals surface area contributed by atoms with Crippen LogP contribution < -0.4 is 9.46 Å². The van der Waals surface area contributed by atoms with Crippen molar-refractivity contribution in [2.24, 2.45) is 0 Å². The second-order valence-corrected chi connectivity index (χ2v) is 6.52. The van der Waals surface area contributed by atoms with Crippen LogP contribution in [0.4, 0.5) is 10.1 Å². The number of nitrogens with one attached hydrogen (secondary N) is 1. The zero-order valence-electron chi connectivity index (χ0n) is 12.2. The van der Waals surface area contributed by atoms with Gasteiger partial charge in [-0.25, -0.2) is 12.8 Å². The number of methoxy groups -OCH3 is 1. The molecule has 0 radical (unpaired) electrons. The summed E-state index contributed by atoms with van der Waals surface area (Å²) >= 11 is 0. The summed E-state index contributed by atoms with van der Waals surface area (Å²) in [7, 11) is -2.23. The van der Waals surface area contributed by atoms with E-state index in [9.17, 15) is 12.8 Å². The average molecular weight is 332 g/mol. The Morgan fingerprint density at radius 3 is 2.52 bits per heavy atom. The summed E-state index contributed by atoms with van der Waals surface area (Å²) in [5.74, 6) is 0.176. The van der Waals surface area contributed by atoms with Gasteiger partial charge in [0.05, 0.1) is 29.4 Å². The number of ether oxygens (including phenoxy) is 1. The number of benzene rings is 2. The summed E-state index contributed by atoms with van der Waals surface area (Å²) in [5.41, 5.74) is 1.01. The van der Waals surface area contributed by atoms with Gasteiger partial charge in [0.1, 0.15) is 11.6 Å². The lowest BCUT2D eigenvalue weighted by atomic mass is 10.2. The molecule has 118 valence electrons. The number of nitrogens with zero attached hydrogens (tertiary/aromatic N) is 1. The van der Waals surface area contributed by atoms with E-state index in [-0.39, 0.29) is 4.90 Å². The van der Waals surface area contributed by atoms with Crippen molar-refractivity contribution in [3.8, 4) is 5.75 Å². The van der Waals surface area contributed by atoms with Crippen molar-refractivity contribution < 1.29 is 17.5 Å². The van der Waals surface area contributed by atoms with Gasteiger partial charge in [0.2, 0.25) is 0 Å². The Balaban J connectivity index is 1.93. The van der Waals surface area contributed by atoms with Gasteiger partial charge in [-0.3, -0.25) is 9.71 Å². The monoisotopic (exact) mass is 332 g/mol. The van der Waals surface area contributed by atoms with E-state index in [1.54, 1.807) is 31.4 Å². The Labute approximate surface area is 132 Å². The highest BCUT2D eigenvalue weighted by Crippen LogP contribution is 2.23. The van der Waals surface area contributed by atoms with Crippen molar-refractivity contribution in [1.82, 2.24) is 4.98 Å². The van der Waals surface area contributed by atoms with Gasteiger partial charge < -0.3 is 4.74 Å². The van der Waals surface area contributed by atoms with E-state index in [1.165, 1.54) is 18.3 Å². The van der Waals surface area contributed by atoms with Gasteiger partial charge in [-0.2, -0.15) is 0 Å². The van der Waals surface area contributed by atoms with E-state index in [0.29, 0.717) is 17.0 Å². The number of halogens is 1. The van der Waals surface area contributed by atoms with Crippen LogP contribution >= 0.6 is 0 Å². The second-order valence-electron chi connectivity index (χ2n) is 4.84. The largest absolute Gasteiger partial charge is 0.497 e. The van der Waals surface area contributed by atoms with Crippen molar-refractivity contribution in [3.05, 3.63) is 60.5 Å². The first-order chi connectivity index (χ1) is 11.0. The average Bonchev–Trinajstić information content (AvgIpc) is 2.54. The fourth-order valence-corrected chi connectivity index (χ4v) is 3.15. The Morgan fingerprint density at radius 1 is 1.09 bits per heavy atom. The molecule has 0 spiro atoms. The quantitative estimate of drug-likeness (QED) is 0.797. The third-order valence-corrected chi connectivity index (χ3v) is 4.66. The Hall–Kier alpha value is -2.67. The van der Waals surface area contributed by atoms with E-state index >= 15 is 0 Å². The number of sulfonamides is 1. The molecule has 23 heavy (non-hydrogen) atoms. The highest BCUT2D eigenvalue weighted by molar-refractivity contribution is 7.92. The molecule has 3 aromatic rings. The fraction of sp³-hybridized carbons (Fsp3) is 0.0625. The fourth-order valence-electron chi connectivity index (χ4n) is 2.11. The third-order valence-electron chi connectivity index (χ3n) is 3.27. The number of pyridine rings is 1. The van der Waals surface area contributed by atoms with E-state index in [0.717, 1.165) is 17.5 Å². The van der Waals surface area contributed by atoms with Crippen molar-refractivity contribution in [3.63, 3.8) is 0 Å². The predicted molar refractivity (Wildman–Crippen MR) is 85.5 cm³/mol. The van der Waals surface area contributed by atoms with Gasteiger partial charge in [-0.1, -0.05) is 0 Å². The molecular weight excluding hydrogens is 319 g/mol. The van der Waals surface area contributed by atoms with E-state index < -0.39 is 15.8 Å². The molecule has 0 atom stereocenters. The molecule has 0 unspecified atom stereocenters. The minimum absolute atomic E-state index is 0.0197.